The van der Waals surface area contributed by atoms with Crippen LogP contribution in [0.4, 0.5) is 0 Å². The van der Waals surface area contributed by atoms with Crippen molar-refractivity contribution < 1.29 is 10.2 Å². The zero-order valence-corrected chi connectivity index (χ0v) is 9.34. The number of rotatable bonds is 2. The smallest absolute Gasteiger partial charge is 0.0678 e. The number of hydrogen-bond acceptors (Lipinski definition) is 2. The molecule has 2 saturated carbocycles. The maximum atomic E-state index is 9.75. The summed E-state index contributed by atoms with van der Waals surface area (Å²) in [6, 6.07) is 0. The fourth-order valence-corrected chi connectivity index (χ4v) is 2.18. The minimum absolute atomic E-state index is 0.180. The van der Waals surface area contributed by atoms with Crippen molar-refractivity contribution >= 4 is 0 Å². The van der Waals surface area contributed by atoms with Gasteiger partial charge in [0, 0.05) is 6.61 Å². The van der Waals surface area contributed by atoms with Crippen LogP contribution in [0.1, 0.15) is 58.3 Å². The highest BCUT2D eigenvalue weighted by atomic mass is 16.3. The van der Waals surface area contributed by atoms with Crippen LogP contribution in [0.3, 0.4) is 0 Å². The monoisotopic (exact) mass is 200 g/mol. The molecule has 0 saturated heterocycles. The fourth-order valence-electron chi connectivity index (χ4n) is 2.18. The average molecular weight is 200 g/mol. The first-order valence-corrected chi connectivity index (χ1v) is 6.06. The Hall–Kier alpha value is -0.0800. The highest BCUT2D eigenvalue weighted by molar-refractivity contribution is 4.99. The molecule has 14 heavy (non-hydrogen) atoms. The molecule has 0 radical (unpaired) electrons. The Morgan fingerprint density at radius 2 is 1.64 bits per heavy atom. The summed E-state index contributed by atoms with van der Waals surface area (Å²) in [5.41, 5.74) is -0.180. The van der Waals surface area contributed by atoms with Crippen molar-refractivity contribution in [2.24, 2.45) is 5.92 Å². The van der Waals surface area contributed by atoms with E-state index in [1.165, 1.54) is 32.1 Å². The summed E-state index contributed by atoms with van der Waals surface area (Å²) in [6.45, 7) is 2.25. The van der Waals surface area contributed by atoms with E-state index in [1.807, 2.05) is 6.92 Å². The van der Waals surface area contributed by atoms with Crippen molar-refractivity contribution in [3.63, 3.8) is 0 Å². The van der Waals surface area contributed by atoms with Crippen LogP contribution in [-0.2, 0) is 0 Å². The molecule has 2 rings (SSSR count). The summed E-state index contributed by atoms with van der Waals surface area (Å²) < 4.78 is 0. The first-order chi connectivity index (χ1) is 6.73. The van der Waals surface area contributed by atoms with E-state index in [2.05, 4.69) is 0 Å². The predicted molar refractivity (Wildman–Crippen MR) is 58.1 cm³/mol. The quantitative estimate of drug-likeness (QED) is 0.719. The SMILES string of the molecule is CCCO.OC1(C2CCCCC2)CC1. The van der Waals surface area contributed by atoms with E-state index in [4.69, 9.17) is 5.11 Å². The topological polar surface area (TPSA) is 40.5 Å². The van der Waals surface area contributed by atoms with Gasteiger partial charge in [-0.05, 0) is 38.0 Å². The van der Waals surface area contributed by atoms with E-state index in [9.17, 15) is 5.11 Å². The first-order valence-electron chi connectivity index (χ1n) is 6.06. The lowest BCUT2D eigenvalue weighted by Gasteiger charge is -2.26. The van der Waals surface area contributed by atoms with Crippen LogP contribution in [0, 0.1) is 5.92 Å². The molecular weight excluding hydrogens is 176 g/mol. The highest BCUT2D eigenvalue weighted by Crippen LogP contribution is 2.47. The van der Waals surface area contributed by atoms with Gasteiger partial charge in [0.1, 0.15) is 0 Å². The van der Waals surface area contributed by atoms with Crippen molar-refractivity contribution in [1.82, 2.24) is 0 Å². The molecule has 2 fully saturated rings. The average Bonchev–Trinajstić information content (AvgIpc) is 3.00. The Morgan fingerprint density at radius 3 is 2.00 bits per heavy atom. The maximum absolute atomic E-state index is 9.75. The van der Waals surface area contributed by atoms with Crippen LogP contribution >= 0.6 is 0 Å². The Morgan fingerprint density at radius 1 is 1.14 bits per heavy atom. The zero-order valence-electron chi connectivity index (χ0n) is 9.34. The lowest BCUT2D eigenvalue weighted by molar-refractivity contribution is 0.0608. The van der Waals surface area contributed by atoms with Crippen molar-refractivity contribution in [2.45, 2.75) is 63.9 Å². The number of aliphatic hydroxyl groups excluding tert-OH is 1. The van der Waals surface area contributed by atoms with Gasteiger partial charge in [-0.25, -0.2) is 0 Å². The Kier molecular flexibility index (Phi) is 4.90. The van der Waals surface area contributed by atoms with Gasteiger partial charge in [0.2, 0.25) is 0 Å². The van der Waals surface area contributed by atoms with Crippen molar-refractivity contribution in [3.05, 3.63) is 0 Å². The molecule has 2 heteroatoms. The summed E-state index contributed by atoms with van der Waals surface area (Å²) in [5.74, 6) is 0.668. The Bertz CT molecular complexity index is 144. The van der Waals surface area contributed by atoms with Crippen LogP contribution < -0.4 is 0 Å². The molecule has 0 atom stereocenters. The lowest BCUT2D eigenvalue weighted by Crippen LogP contribution is -2.23. The molecule has 0 heterocycles. The lowest BCUT2D eigenvalue weighted by atomic mass is 9.84. The van der Waals surface area contributed by atoms with Gasteiger partial charge in [-0.3, -0.25) is 0 Å². The molecule has 2 N–H and O–H groups in total. The van der Waals surface area contributed by atoms with E-state index in [0.29, 0.717) is 12.5 Å². The van der Waals surface area contributed by atoms with Gasteiger partial charge in [0.25, 0.3) is 0 Å². The minimum Gasteiger partial charge on any atom is -0.396 e. The summed E-state index contributed by atoms with van der Waals surface area (Å²) in [5, 5.41) is 17.6. The summed E-state index contributed by atoms with van der Waals surface area (Å²) in [7, 11) is 0. The maximum Gasteiger partial charge on any atom is 0.0678 e. The Labute approximate surface area is 87.3 Å². The second-order valence-electron chi connectivity index (χ2n) is 4.66. The molecule has 0 bridgehead atoms. The van der Waals surface area contributed by atoms with E-state index < -0.39 is 0 Å². The van der Waals surface area contributed by atoms with Gasteiger partial charge in [-0.15, -0.1) is 0 Å². The van der Waals surface area contributed by atoms with Crippen LogP contribution in [0.15, 0.2) is 0 Å². The first kappa shape index (κ1) is 12.0. The van der Waals surface area contributed by atoms with Gasteiger partial charge in [0.05, 0.1) is 5.60 Å². The molecule has 2 aliphatic rings. The molecule has 0 aliphatic heterocycles. The van der Waals surface area contributed by atoms with E-state index in [0.717, 1.165) is 19.3 Å². The summed E-state index contributed by atoms with van der Waals surface area (Å²) in [6.07, 6.45) is 9.72. The van der Waals surface area contributed by atoms with Crippen LogP contribution in [0.2, 0.25) is 0 Å². The van der Waals surface area contributed by atoms with Crippen LogP contribution in [0.5, 0.6) is 0 Å². The molecule has 0 amide bonds. The molecule has 0 aromatic carbocycles. The molecule has 0 aromatic heterocycles. The number of aliphatic hydroxyl groups is 2. The van der Waals surface area contributed by atoms with Gasteiger partial charge >= 0.3 is 0 Å². The van der Waals surface area contributed by atoms with Gasteiger partial charge in [-0.2, -0.15) is 0 Å². The molecule has 84 valence electrons. The normalized spacial score (nSPS) is 25.1. The molecule has 2 nitrogen and oxygen atoms in total. The Balaban J connectivity index is 0.000000213. The number of hydrogen-bond donors (Lipinski definition) is 2. The van der Waals surface area contributed by atoms with Gasteiger partial charge in [-0.1, -0.05) is 26.2 Å². The molecule has 0 unspecified atom stereocenters. The van der Waals surface area contributed by atoms with Crippen LogP contribution in [-0.4, -0.2) is 22.4 Å². The van der Waals surface area contributed by atoms with E-state index >= 15 is 0 Å². The highest BCUT2D eigenvalue weighted by Gasteiger charge is 2.47. The minimum atomic E-state index is -0.180. The second kappa shape index (κ2) is 5.72. The van der Waals surface area contributed by atoms with Gasteiger partial charge in [0.15, 0.2) is 0 Å². The molecular formula is C12H24O2. The second-order valence-corrected chi connectivity index (χ2v) is 4.66. The van der Waals surface area contributed by atoms with E-state index in [-0.39, 0.29) is 5.60 Å². The predicted octanol–water partition coefficient (Wildman–Crippen LogP) is 2.48. The molecule has 0 aromatic rings. The fraction of sp³-hybridized carbons (Fsp3) is 1.00. The summed E-state index contributed by atoms with van der Waals surface area (Å²) >= 11 is 0. The standard InChI is InChI=1S/C9H16O.C3H8O/c10-9(6-7-9)8-4-2-1-3-5-8;1-2-3-4/h8,10H,1-7H2;4H,2-3H2,1H3. The molecule has 2 aliphatic carbocycles. The molecule has 0 spiro atoms. The third-order valence-electron chi connectivity index (χ3n) is 3.35. The third kappa shape index (κ3) is 3.58. The van der Waals surface area contributed by atoms with Crippen molar-refractivity contribution in [3.8, 4) is 0 Å². The van der Waals surface area contributed by atoms with E-state index in [1.54, 1.807) is 0 Å². The van der Waals surface area contributed by atoms with Crippen molar-refractivity contribution in [2.75, 3.05) is 6.61 Å². The zero-order chi connectivity index (χ0) is 10.4. The largest absolute Gasteiger partial charge is 0.396 e. The van der Waals surface area contributed by atoms with Crippen LogP contribution in [0.25, 0.3) is 0 Å². The van der Waals surface area contributed by atoms with Gasteiger partial charge < -0.3 is 10.2 Å². The third-order valence-corrected chi connectivity index (χ3v) is 3.35. The van der Waals surface area contributed by atoms with Crippen molar-refractivity contribution in [1.29, 1.82) is 0 Å². The summed E-state index contributed by atoms with van der Waals surface area (Å²) in [4.78, 5) is 0.